The molecule has 0 saturated heterocycles. The average Bonchev–Trinajstić information content (AvgIpc) is 2.98. The zero-order valence-corrected chi connectivity index (χ0v) is 14.2. The number of aryl methyl sites for hydroxylation is 1. The molecule has 26 heavy (non-hydrogen) atoms. The maximum Gasteiger partial charge on any atom is 0.172 e. The Morgan fingerprint density at radius 2 is 1.38 bits per heavy atom. The number of carbonyl (C=O) groups is 2. The van der Waals surface area contributed by atoms with Gasteiger partial charge in [-0.25, -0.2) is 0 Å². The number of hydrogen-bond donors (Lipinski definition) is 2. The van der Waals surface area contributed by atoms with Crippen molar-refractivity contribution in [3.8, 4) is 0 Å². The van der Waals surface area contributed by atoms with Crippen LogP contribution in [0.1, 0.15) is 23.0 Å². The van der Waals surface area contributed by atoms with Gasteiger partial charge in [-0.15, -0.1) is 0 Å². The molecule has 1 saturated carbocycles. The average molecular weight is 349 g/mol. The molecule has 0 aliphatic heterocycles. The van der Waals surface area contributed by atoms with E-state index in [-0.39, 0.29) is 0 Å². The number of nitrogens with zero attached hydrogens (tertiary/aromatic N) is 1. The van der Waals surface area contributed by atoms with Gasteiger partial charge < -0.3 is 14.8 Å². The second-order valence-corrected chi connectivity index (χ2v) is 6.77. The standard InChI is InChI=1S/C21H19NO4/c1-22-11-14(13-9-5-6-10-15(13)22)17-20(25)18(23)16(19(24)21(17)26)12-7-3-2-4-8-12/h2-11,16-18,21,23,26H,1H3. The van der Waals surface area contributed by atoms with Crippen molar-refractivity contribution in [1.82, 2.24) is 4.57 Å². The summed E-state index contributed by atoms with van der Waals surface area (Å²) in [5.74, 6) is -3.16. The number of hydrogen-bond acceptors (Lipinski definition) is 4. The van der Waals surface area contributed by atoms with Gasteiger partial charge in [0, 0.05) is 24.1 Å². The first kappa shape index (κ1) is 16.7. The van der Waals surface area contributed by atoms with Crippen molar-refractivity contribution in [1.29, 1.82) is 0 Å². The third-order valence-electron chi connectivity index (χ3n) is 5.25. The molecule has 1 aliphatic rings. The number of carbonyl (C=O) groups excluding carboxylic acids is 2. The van der Waals surface area contributed by atoms with Gasteiger partial charge in [0.05, 0.1) is 11.8 Å². The summed E-state index contributed by atoms with van der Waals surface area (Å²) in [4.78, 5) is 25.8. The van der Waals surface area contributed by atoms with Crippen molar-refractivity contribution in [2.24, 2.45) is 7.05 Å². The van der Waals surface area contributed by atoms with E-state index in [2.05, 4.69) is 0 Å². The van der Waals surface area contributed by atoms with Crippen LogP contribution < -0.4 is 0 Å². The molecule has 132 valence electrons. The van der Waals surface area contributed by atoms with E-state index < -0.39 is 35.6 Å². The SMILES string of the molecule is Cn1cc(C2C(=O)C(O)C(c3ccccc3)C(=O)C2O)c2ccccc21. The molecule has 5 heteroatoms. The summed E-state index contributed by atoms with van der Waals surface area (Å²) in [6.07, 6.45) is -1.21. The van der Waals surface area contributed by atoms with Crippen LogP contribution in [0.4, 0.5) is 0 Å². The normalized spacial score (nSPS) is 26.4. The highest BCUT2D eigenvalue weighted by atomic mass is 16.3. The van der Waals surface area contributed by atoms with Crippen molar-refractivity contribution < 1.29 is 19.8 Å². The zero-order valence-electron chi connectivity index (χ0n) is 14.2. The molecule has 1 aliphatic carbocycles. The first-order valence-corrected chi connectivity index (χ1v) is 8.53. The van der Waals surface area contributed by atoms with Crippen LogP contribution in [-0.4, -0.2) is 38.6 Å². The fraction of sp³-hybridized carbons (Fsp3) is 0.238. The van der Waals surface area contributed by atoms with Gasteiger partial charge in [0.2, 0.25) is 0 Å². The molecular weight excluding hydrogens is 330 g/mol. The minimum Gasteiger partial charge on any atom is -0.384 e. The Kier molecular flexibility index (Phi) is 3.98. The van der Waals surface area contributed by atoms with Crippen LogP contribution >= 0.6 is 0 Å². The number of aliphatic hydroxyl groups excluding tert-OH is 2. The molecule has 4 atom stereocenters. The Bertz CT molecular complexity index is 992. The first-order valence-electron chi connectivity index (χ1n) is 8.53. The van der Waals surface area contributed by atoms with Crippen LogP contribution in [0.5, 0.6) is 0 Å². The van der Waals surface area contributed by atoms with Gasteiger partial charge in [-0.2, -0.15) is 0 Å². The van der Waals surface area contributed by atoms with Crippen molar-refractivity contribution in [2.45, 2.75) is 24.0 Å². The third-order valence-corrected chi connectivity index (χ3v) is 5.25. The minimum atomic E-state index is -1.48. The summed E-state index contributed by atoms with van der Waals surface area (Å²) in [5.41, 5.74) is 2.00. The summed E-state index contributed by atoms with van der Waals surface area (Å²) < 4.78 is 1.85. The van der Waals surface area contributed by atoms with Gasteiger partial charge in [0.15, 0.2) is 11.6 Å². The van der Waals surface area contributed by atoms with E-state index in [1.807, 2.05) is 35.9 Å². The lowest BCUT2D eigenvalue weighted by molar-refractivity contribution is -0.149. The topological polar surface area (TPSA) is 79.5 Å². The van der Waals surface area contributed by atoms with Crippen molar-refractivity contribution in [2.75, 3.05) is 0 Å². The molecule has 0 radical (unpaired) electrons. The lowest BCUT2D eigenvalue weighted by Crippen LogP contribution is -2.51. The number of aromatic nitrogens is 1. The second-order valence-electron chi connectivity index (χ2n) is 6.77. The van der Waals surface area contributed by atoms with E-state index in [9.17, 15) is 19.8 Å². The van der Waals surface area contributed by atoms with Crippen LogP contribution in [0.25, 0.3) is 10.9 Å². The van der Waals surface area contributed by atoms with Crippen LogP contribution in [0, 0.1) is 0 Å². The molecule has 0 amide bonds. The van der Waals surface area contributed by atoms with E-state index in [1.165, 1.54) is 0 Å². The highest BCUT2D eigenvalue weighted by Gasteiger charge is 2.50. The van der Waals surface area contributed by atoms with Gasteiger partial charge in [0.1, 0.15) is 12.2 Å². The zero-order chi connectivity index (χ0) is 18.4. The van der Waals surface area contributed by atoms with Crippen LogP contribution in [0.3, 0.4) is 0 Å². The fourth-order valence-electron chi connectivity index (χ4n) is 3.96. The minimum absolute atomic E-state index is 0.526. The van der Waals surface area contributed by atoms with Gasteiger partial charge in [0.25, 0.3) is 0 Å². The molecular formula is C21H19NO4. The quantitative estimate of drug-likeness (QED) is 0.741. The number of ketones is 2. The molecule has 3 aromatic rings. The van der Waals surface area contributed by atoms with Crippen LogP contribution in [0.2, 0.25) is 0 Å². The summed E-state index contributed by atoms with van der Waals surface area (Å²) in [5, 5.41) is 22.1. The lowest BCUT2D eigenvalue weighted by atomic mass is 9.71. The molecule has 1 heterocycles. The Labute approximate surface area is 150 Å². The molecule has 1 fully saturated rings. The Hall–Kier alpha value is -2.76. The summed E-state index contributed by atoms with van der Waals surface area (Å²) >= 11 is 0. The number of fused-ring (bicyclic) bond motifs is 1. The number of rotatable bonds is 2. The van der Waals surface area contributed by atoms with Crippen LogP contribution in [0.15, 0.2) is 60.8 Å². The van der Waals surface area contributed by atoms with E-state index in [0.29, 0.717) is 11.1 Å². The highest BCUT2D eigenvalue weighted by molar-refractivity contribution is 6.08. The summed E-state index contributed by atoms with van der Waals surface area (Å²) in [6.45, 7) is 0. The van der Waals surface area contributed by atoms with Gasteiger partial charge >= 0.3 is 0 Å². The molecule has 2 aromatic carbocycles. The van der Waals surface area contributed by atoms with Crippen molar-refractivity contribution >= 4 is 22.5 Å². The second kappa shape index (κ2) is 6.20. The largest absolute Gasteiger partial charge is 0.384 e. The van der Waals surface area contributed by atoms with Gasteiger partial charge in [-0.3, -0.25) is 9.59 Å². The Balaban J connectivity index is 1.80. The maximum absolute atomic E-state index is 12.9. The van der Waals surface area contributed by atoms with E-state index in [1.54, 1.807) is 36.5 Å². The number of benzene rings is 2. The first-order chi connectivity index (χ1) is 12.5. The molecule has 0 bridgehead atoms. The number of para-hydroxylation sites is 1. The third kappa shape index (κ3) is 2.40. The van der Waals surface area contributed by atoms with Crippen molar-refractivity contribution in [3.63, 3.8) is 0 Å². The van der Waals surface area contributed by atoms with E-state index in [0.717, 1.165) is 10.9 Å². The molecule has 4 rings (SSSR count). The summed E-state index contributed by atoms with van der Waals surface area (Å²) in [7, 11) is 1.84. The molecule has 4 unspecified atom stereocenters. The van der Waals surface area contributed by atoms with Gasteiger partial charge in [-0.05, 0) is 17.2 Å². The van der Waals surface area contributed by atoms with E-state index >= 15 is 0 Å². The Morgan fingerprint density at radius 1 is 0.808 bits per heavy atom. The number of Topliss-reactive ketones (excluding diaryl/α,β-unsaturated/α-hetero) is 2. The van der Waals surface area contributed by atoms with Crippen molar-refractivity contribution in [3.05, 3.63) is 71.9 Å². The predicted molar refractivity (Wildman–Crippen MR) is 96.9 cm³/mol. The highest BCUT2D eigenvalue weighted by Crippen LogP contribution is 2.39. The van der Waals surface area contributed by atoms with Gasteiger partial charge in [-0.1, -0.05) is 48.5 Å². The van der Waals surface area contributed by atoms with E-state index in [4.69, 9.17) is 0 Å². The summed E-state index contributed by atoms with van der Waals surface area (Å²) in [6, 6.07) is 16.1. The molecule has 0 spiro atoms. The Morgan fingerprint density at radius 3 is 2.12 bits per heavy atom. The molecule has 1 aromatic heterocycles. The number of aliphatic hydroxyl groups is 2. The lowest BCUT2D eigenvalue weighted by Gasteiger charge is -2.34. The maximum atomic E-state index is 12.9. The van der Waals surface area contributed by atoms with Crippen LogP contribution in [-0.2, 0) is 16.6 Å². The monoisotopic (exact) mass is 349 g/mol. The molecule has 2 N–H and O–H groups in total. The fourth-order valence-corrected chi connectivity index (χ4v) is 3.96. The molecule has 5 nitrogen and oxygen atoms in total. The smallest absolute Gasteiger partial charge is 0.172 e. The predicted octanol–water partition coefficient (Wildman–Crippen LogP) is 1.92.